The van der Waals surface area contributed by atoms with Crippen molar-refractivity contribution >= 4 is 21.6 Å². The maximum atomic E-state index is 12.9. The van der Waals surface area contributed by atoms with Gasteiger partial charge in [-0.2, -0.15) is 0 Å². The number of nitrogens with zero attached hydrogens (tertiary/aromatic N) is 1. The predicted octanol–water partition coefficient (Wildman–Crippen LogP) is 4.33. The normalized spacial score (nSPS) is 12.0. The van der Waals surface area contributed by atoms with Crippen LogP contribution in [0.4, 0.5) is 5.69 Å². The van der Waals surface area contributed by atoms with Gasteiger partial charge >= 0.3 is 0 Å². The van der Waals surface area contributed by atoms with Gasteiger partial charge in [-0.1, -0.05) is 23.8 Å². The lowest BCUT2D eigenvalue weighted by molar-refractivity contribution is 0.0940. The van der Waals surface area contributed by atoms with E-state index in [4.69, 9.17) is 9.47 Å². The average Bonchev–Trinajstić information content (AvgIpc) is 2.83. The minimum Gasteiger partial charge on any atom is -0.493 e. The molecule has 0 saturated carbocycles. The molecular weight excluding hydrogens is 440 g/mol. The zero-order chi connectivity index (χ0) is 24.2. The summed E-state index contributed by atoms with van der Waals surface area (Å²) in [4.78, 5) is 12.9. The van der Waals surface area contributed by atoms with Gasteiger partial charge in [0.15, 0.2) is 11.5 Å². The van der Waals surface area contributed by atoms with Crippen LogP contribution in [0.1, 0.15) is 34.5 Å². The van der Waals surface area contributed by atoms with E-state index in [1.54, 1.807) is 68.8 Å². The summed E-state index contributed by atoms with van der Waals surface area (Å²) in [5.74, 6) is 0.922. The number of nitrogens with one attached hydrogen (secondary N) is 1. The van der Waals surface area contributed by atoms with Crippen molar-refractivity contribution in [2.45, 2.75) is 24.8 Å². The molecule has 0 aliphatic heterocycles. The third-order valence-corrected chi connectivity index (χ3v) is 7.23. The molecule has 33 heavy (non-hydrogen) atoms. The van der Waals surface area contributed by atoms with E-state index in [0.29, 0.717) is 22.7 Å². The molecule has 0 aliphatic rings. The van der Waals surface area contributed by atoms with Gasteiger partial charge in [-0.05, 0) is 67.9 Å². The molecule has 0 unspecified atom stereocenters. The fourth-order valence-corrected chi connectivity index (χ4v) is 4.51. The van der Waals surface area contributed by atoms with Gasteiger partial charge in [0.05, 0.1) is 30.8 Å². The van der Waals surface area contributed by atoms with Crippen molar-refractivity contribution in [3.05, 3.63) is 83.4 Å². The number of ether oxygens (including phenoxy) is 2. The van der Waals surface area contributed by atoms with E-state index < -0.39 is 10.0 Å². The van der Waals surface area contributed by atoms with E-state index in [-0.39, 0.29) is 16.8 Å². The molecule has 1 N–H and O–H groups in total. The molecule has 3 rings (SSSR count). The molecule has 0 aliphatic carbocycles. The number of carbonyl (C=O) groups is 1. The topological polar surface area (TPSA) is 84.9 Å². The van der Waals surface area contributed by atoms with E-state index >= 15 is 0 Å². The van der Waals surface area contributed by atoms with Crippen LogP contribution in [0.15, 0.2) is 71.6 Å². The number of aryl methyl sites for hydroxylation is 1. The highest BCUT2D eigenvalue weighted by molar-refractivity contribution is 7.92. The summed E-state index contributed by atoms with van der Waals surface area (Å²) < 4.78 is 37.6. The summed E-state index contributed by atoms with van der Waals surface area (Å²) >= 11 is 0. The van der Waals surface area contributed by atoms with Gasteiger partial charge in [0.2, 0.25) is 0 Å². The first-order chi connectivity index (χ1) is 15.7. The second-order valence-electron chi connectivity index (χ2n) is 7.64. The standard InChI is InChI=1S/C25H28N2O5S/c1-17-6-13-22(14-7-17)33(29,30)27(3)21-11-8-19(9-12-21)25(28)26-18(2)20-10-15-23(31-4)24(16-20)32-5/h6-16,18H,1-5H3,(H,26,28)/t18-/m0/s1. The van der Waals surface area contributed by atoms with Crippen molar-refractivity contribution in [1.82, 2.24) is 5.32 Å². The highest BCUT2D eigenvalue weighted by Gasteiger charge is 2.21. The second-order valence-corrected chi connectivity index (χ2v) is 9.61. The Kier molecular flexibility index (Phi) is 7.28. The molecule has 0 spiro atoms. The Morgan fingerprint density at radius 1 is 0.909 bits per heavy atom. The first kappa shape index (κ1) is 24.1. The van der Waals surface area contributed by atoms with E-state index in [0.717, 1.165) is 11.1 Å². The number of sulfonamides is 1. The number of carbonyl (C=O) groups excluding carboxylic acids is 1. The second kappa shape index (κ2) is 9.95. The summed E-state index contributed by atoms with van der Waals surface area (Å²) in [6, 6.07) is 18.3. The monoisotopic (exact) mass is 468 g/mol. The summed E-state index contributed by atoms with van der Waals surface area (Å²) in [6.45, 7) is 3.77. The number of hydrogen-bond donors (Lipinski definition) is 1. The van der Waals surface area contributed by atoms with Crippen LogP contribution in [0, 0.1) is 6.92 Å². The molecule has 0 bridgehead atoms. The van der Waals surface area contributed by atoms with Crippen LogP contribution in [0.2, 0.25) is 0 Å². The van der Waals surface area contributed by atoms with Gasteiger partial charge in [0.25, 0.3) is 15.9 Å². The Bertz CT molecular complexity index is 1220. The fraction of sp³-hybridized carbons (Fsp3) is 0.240. The fourth-order valence-electron chi connectivity index (χ4n) is 3.32. The quantitative estimate of drug-likeness (QED) is 0.532. The zero-order valence-electron chi connectivity index (χ0n) is 19.3. The minimum atomic E-state index is -3.70. The first-order valence-corrected chi connectivity index (χ1v) is 11.8. The molecule has 174 valence electrons. The van der Waals surface area contributed by atoms with Crippen LogP contribution in [0.5, 0.6) is 11.5 Å². The number of hydrogen-bond acceptors (Lipinski definition) is 5. The van der Waals surface area contributed by atoms with Gasteiger partial charge in [-0.25, -0.2) is 8.42 Å². The van der Waals surface area contributed by atoms with Gasteiger partial charge in [-0.3, -0.25) is 9.10 Å². The number of methoxy groups -OCH3 is 2. The van der Waals surface area contributed by atoms with E-state index in [1.165, 1.54) is 11.4 Å². The lowest BCUT2D eigenvalue weighted by atomic mass is 10.1. The lowest BCUT2D eigenvalue weighted by Crippen LogP contribution is -2.28. The molecule has 1 atom stereocenters. The minimum absolute atomic E-state index is 0.209. The summed E-state index contributed by atoms with van der Waals surface area (Å²) in [7, 11) is 0.914. The molecule has 0 heterocycles. The van der Waals surface area contributed by atoms with Gasteiger partial charge in [-0.15, -0.1) is 0 Å². The van der Waals surface area contributed by atoms with Crippen LogP contribution < -0.4 is 19.1 Å². The average molecular weight is 469 g/mol. The van der Waals surface area contributed by atoms with E-state index in [2.05, 4.69) is 5.32 Å². The van der Waals surface area contributed by atoms with Crippen LogP contribution >= 0.6 is 0 Å². The molecule has 7 nitrogen and oxygen atoms in total. The van der Waals surface area contributed by atoms with Crippen molar-refractivity contribution in [2.75, 3.05) is 25.6 Å². The Labute approximate surface area is 195 Å². The molecule has 3 aromatic rings. The number of benzene rings is 3. The highest BCUT2D eigenvalue weighted by Crippen LogP contribution is 2.30. The van der Waals surface area contributed by atoms with E-state index in [9.17, 15) is 13.2 Å². The Morgan fingerprint density at radius 2 is 1.52 bits per heavy atom. The smallest absolute Gasteiger partial charge is 0.264 e. The van der Waals surface area contributed by atoms with Gasteiger partial charge < -0.3 is 14.8 Å². The van der Waals surface area contributed by atoms with Crippen molar-refractivity contribution in [1.29, 1.82) is 0 Å². The number of amides is 1. The molecule has 0 radical (unpaired) electrons. The number of anilines is 1. The van der Waals surface area contributed by atoms with Gasteiger partial charge in [0, 0.05) is 12.6 Å². The third-order valence-electron chi connectivity index (χ3n) is 5.43. The van der Waals surface area contributed by atoms with E-state index in [1.807, 2.05) is 26.0 Å². The number of rotatable bonds is 8. The van der Waals surface area contributed by atoms with Crippen molar-refractivity contribution in [2.24, 2.45) is 0 Å². The maximum Gasteiger partial charge on any atom is 0.264 e. The Hall–Kier alpha value is -3.52. The maximum absolute atomic E-state index is 12.9. The third kappa shape index (κ3) is 5.28. The van der Waals surface area contributed by atoms with Crippen LogP contribution in [-0.4, -0.2) is 35.6 Å². The molecule has 8 heteroatoms. The SMILES string of the molecule is COc1ccc([C@H](C)NC(=O)c2ccc(N(C)S(=O)(=O)c3ccc(C)cc3)cc2)cc1OC. The molecule has 0 saturated heterocycles. The first-order valence-electron chi connectivity index (χ1n) is 10.4. The van der Waals surface area contributed by atoms with Crippen molar-refractivity contribution < 1.29 is 22.7 Å². The Morgan fingerprint density at radius 3 is 2.09 bits per heavy atom. The highest BCUT2D eigenvalue weighted by atomic mass is 32.2. The molecule has 3 aromatic carbocycles. The van der Waals surface area contributed by atoms with Crippen LogP contribution in [0.3, 0.4) is 0 Å². The lowest BCUT2D eigenvalue weighted by Gasteiger charge is -2.20. The molecule has 0 fully saturated rings. The van der Waals surface area contributed by atoms with Crippen LogP contribution in [0.25, 0.3) is 0 Å². The zero-order valence-corrected chi connectivity index (χ0v) is 20.1. The largest absolute Gasteiger partial charge is 0.493 e. The summed E-state index contributed by atoms with van der Waals surface area (Å²) in [5.41, 5.74) is 2.73. The van der Waals surface area contributed by atoms with Gasteiger partial charge in [0.1, 0.15) is 0 Å². The summed E-state index contributed by atoms with van der Waals surface area (Å²) in [6.07, 6.45) is 0. The molecule has 0 aromatic heterocycles. The van der Waals surface area contributed by atoms with Crippen LogP contribution in [-0.2, 0) is 10.0 Å². The Balaban J connectivity index is 1.73. The summed E-state index contributed by atoms with van der Waals surface area (Å²) in [5, 5.41) is 2.94. The molecular formula is C25H28N2O5S. The van der Waals surface area contributed by atoms with Crippen molar-refractivity contribution in [3.63, 3.8) is 0 Å². The predicted molar refractivity (Wildman–Crippen MR) is 129 cm³/mol. The van der Waals surface area contributed by atoms with Crippen molar-refractivity contribution in [3.8, 4) is 11.5 Å². The molecule has 1 amide bonds.